The number of carbonyl (C=O) groups is 1. The van der Waals surface area contributed by atoms with Gasteiger partial charge >= 0.3 is 0 Å². The second kappa shape index (κ2) is 7.41. The number of nitrogens with one attached hydrogen (secondary N) is 1. The number of amides is 1. The normalized spacial score (nSPS) is 10.0. The van der Waals surface area contributed by atoms with Gasteiger partial charge in [0, 0.05) is 22.7 Å². The Kier molecular flexibility index (Phi) is 6.45. The Morgan fingerprint density at radius 2 is 1.85 bits per heavy atom. The number of aryl methyl sites for hydroxylation is 1. The van der Waals surface area contributed by atoms with Gasteiger partial charge in [0.2, 0.25) is 12.1 Å². The standard InChI is InChI=1S/C13H12Cl2N2OS.BrH/c1-8-9(2)19-7-17(8)6-13(18)16-12-4-10(14)3-11(15)5-12;/h3-5,7H,6H2,1-2H3;1H. The van der Waals surface area contributed by atoms with E-state index >= 15 is 0 Å². The fourth-order valence-electron chi connectivity index (χ4n) is 1.65. The summed E-state index contributed by atoms with van der Waals surface area (Å²) in [6, 6.07) is 4.96. The van der Waals surface area contributed by atoms with Crippen molar-refractivity contribution in [3.63, 3.8) is 0 Å². The minimum atomic E-state index is -0.107. The molecule has 0 bridgehead atoms. The van der Waals surface area contributed by atoms with Gasteiger partial charge in [-0.25, -0.2) is 0 Å². The van der Waals surface area contributed by atoms with Crippen molar-refractivity contribution in [2.75, 3.05) is 5.32 Å². The molecule has 20 heavy (non-hydrogen) atoms. The Morgan fingerprint density at radius 3 is 2.35 bits per heavy atom. The molecule has 0 atom stereocenters. The van der Waals surface area contributed by atoms with Crippen molar-refractivity contribution in [2.45, 2.75) is 20.4 Å². The van der Waals surface area contributed by atoms with Gasteiger partial charge in [-0.2, -0.15) is 4.57 Å². The molecule has 0 fully saturated rings. The van der Waals surface area contributed by atoms with Crippen LogP contribution in [0.1, 0.15) is 10.6 Å². The predicted molar refractivity (Wildman–Crippen MR) is 79.1 cm³/mol. The molecule has 1 aromatic heterocycles. The summed E-state index contributed by atoms with van der Waals surface area (Å²) in [4.78, 5) is 13.2. The zero-order valence-corrected chi connectivity index (χ0v) is 14.8. The first-order valence-electron chi connectivity index (χ1n) is 5.66. The fraction of sp³-hybridized carbons (Fsp3) is 0.231. The summed E-state index contributed by atoms with van der Waals surface area (Å²) in [7, 11) is 0. The minimum Gasteiger partial charge on any atom is -1.00 e. The van der Waals surface area contributed by atoms with E-state index in [1.165, 1.54) is 4.88 Å². The maximum atomic E-state index is 12.0. The Balaban J connectivity index is 0.00000200. The van der Waals surface area contributed by atoms with Crippen LogP contribution in [0.5, 0.6) is 0 Å². The highest BCUT2D eigenvalue weighted by Gasteiger charge is 2.16. The zero-order chi connectivity index (χ0) is 14.0. The first kappa shape index (κ1) is 17.4. The first-order chi connectivity index (χ1) is 8.95. The molecule has 1 aromatic carbocycles. The average molecular weight is 396 g/mol. The lowest BCUT2D eigenvalue weighted by Gasteiger charge is -2.04. The third-order valence-corrected chi connectivity index (χ3v) is 4.20. The highest BCUT2D eigenvalue weighted by molar-refractivity contribution is 7.09. The van der Waals surface area contributed by atoms with E-state index in [1.807, 2.05) is 23.9 Å². The van der Waals surface area contributed by atoms with Crippen LogP contribution in [0.2, 0.25) is 10.0 Å². The van der Waals surface area contributed by atoms with E-state index in [0.717, 1.165) is 5.69 Å². The monoisotopic (exact) mass is 394 g/mol. The number of benzene rings is 1. The third kappa shape index (κ3) is 4.45. The summed E-state index contributed by atoms with van der Waals surface area (Å²) in [6.07, 6.45) is 0. The molecule has 0 aliphatic heterocycles. The van der Waals surface area contributed by atoms with Crippen molar-refractivity contribution in [3.8, 4) is 0 Å². The Morgan fingerprint density at radius 1 is 1.25 bits per heavy atom. The van der Waals surface area contributed by atoms with Crippen LogP contribution in [0.25, 0.3) is 0 Å². The molecule has 1 amide bonds. The van der Waals surface area contributed by atoms with Gasteiger partial charge in [0.15, 0.2) is 5.69 Å². The number of halogens is 3. The first-order valence-corrected chi connectivity index (χ1v) is 7.29. The van der Waals surface area contributed by atoms with Gasteiger partial charge in [-0.15, -0.1) is 0 Å². The van der Waals surface area contributed by atoms with Crippen LogP contribution in [0, 0.1) is 13.8 Å². The second-order valence-electron chi connectivity index (χ2n) is 4.20. The van der Waals surface area contributed by atoms with E-state index in [0.29, 0.717) is 15.7 Å². The molecule has 0 aliphatic rings. The SMILES string of the molecule is Cc1sc[n+](CC(=O)Nc2cc(Cl)cc(Cl)c2)c1C.[Br-]. The van der Waals surface area contributed by atoms with Crippen LogP contribution >= 0.6 is 34.5 Å². The molecule has 0 spiro atoms. The van der Waals surface area contributed by atoms with E-state index in [2.05, 4.69) is 5.32 Å². The van der Waals surface area contributed by atoms with E-state index in [-0.39, 0.29) is 29.4 Å². The number of nitrogens with zero attached hydrogens (tertiary/aromatic N) is 1. The van der Waals surface area contributed by atoms with Crippen molar-refractivity contribution >= 4 is 46.1 Å². The largest absolute Gasteiger partial charge is 1.00 e. The van der Waals surface area contributed by atoms with E-state index in [9.17, 15) is 4.79 Å². The number of hydrogen-bond donors (Lipinski definition) is 1. The third-order valence-electron chi connectivity index (χ3n) is 2.76. The van der Waals surface area contributed by atoms with Crippen molar-refractivity contribution < 1.29 is 26.3 Å². The highest BCUT2D eigenvalue weighted by atomic mass is 79.9. The number of hydrogen-bond acceptors (Lipinski definition) is 2. The van der Waals surface area contributed by atoms with Gasteiger partial charge in [-0.1, -0.05) is 34.5 Å². The summed E-state index contributed by atoms with van der Waals surface area (Å²) in [6.45, 7) is 4.31. The molecule has 0 aliphatic carbocycles. The maximum absolute atomic E-state index is 12.0. The van der Waals surface area contributed by atoms with Gasteiger partial charge < -0.3 is 22.3 Å². The fourth-order valence-corrected chi connectivity index (χ4v) is 2.98. The van der Waals surface area contributed by atoms with Crippen molar-refractivity contribution in [3.05, 3.63) is 44.3 Å². The van der Waals surface area contributed by atoms with Crippen LogP contribution in [0.15, 0.2) is 23.7 Å². The molecule has 2 rings (SSSR count). The zero-order valence-electron chi connectivity index (χ0n) is 10.9. The summed E-state index contributed by atoms with van der Waals surface area (Å²) < 4.78 is 1.92. The van der Waals surface area contributed by atoms with Crippen LogP contribution in [0.3, 0.4) is 0 Å². The van der Waals surface area contributed by atoms with E-state index in [4.69, 9.17) is 23.2 Å². The van der Waals surface area contributed by atoms with Crippen molar-refractivity contribution in [2.24, 2.45) is 0 Å². The van der Waals surface area contributed by atoms with E-state index in [1.54, 1.807) is 29.5 Å². The number of aromatic nitrogens is 1. The quantitative estimate of drug-likeness (QED) is 0.758. The lowest BCUT2D eigenvalue weighted by Crippen LogP contribution is -3.00. The molecular formula is C13H13BrCl2N2OS. The molecule has 108 valence electrons. The Bertz CT molecular complexity index is 611. The molecule has 0 saturated heterocycles. The topological polar surface area (TPSA) is 33.0 Å². The van der Waals surface area contributed by atoms with Gasteiger partial charge in [-0.05, 0) is 25.1 Å². The second-order valence-corrected chi connectivity index (χ2v) is 6.13. The summed E-state index contributed by atoms with van der Waals surface area (Å²) >= 11 is 13.4. The van der Waals surface area contributed by atoms with Crippen LogP contribution < -0.4 is 26.9 Å². The van der Waals surface area contributed by atoms with Crippen LogP contribution in [0.4, 0.5) is 5.69 Å². The van der Waals surface area contributed by atoms with Gasteiger partial charge in [-0.3, -0.25) is 4.79 Å². The van der Waals surface area contributed by atoms with Gasteiger partial charge in [0.1, 0.15) is 0 Å². The number of anilines is 1. The molecule has 1 heterocycles. The predicted octanol–water partition coefficient (Wildman–Crippen LogP) is 0.602. The molecule has 0 radical (unpaired) electrons. The van der Waals surface area contributed by atoms with Crippen molar-refractivity contribution in [1.82, 2.24) is 0 Å². The summed E-state index contributed by atoms with van der Waals surface area (Å²) in [5.74, 6) is -0.107. The number of carbonyl (C=O) groups excluding carboxylic acids is 1. The molecule has 0 unspecified atom stereocenters. The molecule has 3 nitrogen and oxygen atoms in total. The van der Waals surface area contributed by atoms with E-state index < -0.39 is 0 Å². The molecule has 0 saturated carbocycles. The summed E-state index contributed by atoms with van der Waals surface area (Å²) in [5.41, 5.74) is 3.65. The minimum absolute atomic E-state index is 0. The lowest BCUT2D eigenvalue weighted by molar-refractivity contribution is -0.685. The maximum Gasteiger partial charge on any atom is 0.290 e. The smallest absolute Gasteiger partial charge is 0.290 e. The average Bonchev–Trinajstić information content (AvgIpc) is 2.59. The van der Waals surface area contributed by atoms with Crippen LogP contribution in [-0.2, 0) is 11.3 Å². The molecule has 1 N–H and O–H groups in total. The molecular weight excluding hydrogens is 383 g/mol. The Hall–Kier alpha value is -0.620. The highest BCUT2D eigenvalue weighted by Crippen LogP contribution is 2.22. The Labute approximate surface area is 142 Å². The van der Waals surface area contributed by atoms with Crippen LogP contribution in [-0.4, -0.2) is 5.91 Å². The lowest BCUT2D eigenvalue weighted by atomic mass is 10.3. The number of rotatable bonds is 3. The van der Waals surface area contributed by atoms with Gasteiger partial charge in [0.05, 0.1) is 4.88 Å². The molecule has 2 aromatic rings. The molecule has 7 heteroatoms. The number of thiazole rings is 1. The van der Waals surface area contributed by atoms with Crippen molar-refractivity contribution in [1.29, 1.82) is 0 Å². The summed E-state index contributed by atoms with van der Waals surface area (Å²) in [5, 5.41) is 3.78. The van der Waals surface area contributed by atoms with Gasteiger partial charge in [0.25, 0.3) is 5.91 Å².